The molecule has 0 spiro atoms. The fourth-order valence-corrected chi connectivity index (χ4v) is 4.52. The molecule has 1 fully saturated rings. The molecule has 0 amide bonds. The van der Waals surface area contributed by atoms with Gasteiger partial charge in [-0.1, -0.05) is 0 Å². The van der Waals surface area contributed by atoms with Crippen molar-refractivity contribution in [1.29, 1.82) is 0 Å². The number of nitrogen functional groups attached to an aromatic ring is 1. The molecular formula is C9H14N4O4S2. The van der Waals surface area contributed by atoms with Crippen molar-refractivity contribution in [2.75, 3.05) is 30.3 Å². The number of sulfonamides is 1. The lowest BCUT2D eigenvalue weighted by Crippen LogP contribution is -2.33. The molecule has 0 saturated carbocycles. The maximum absolute atomic E-state index is 12.3. The molecule has 2 N–H and O–H groups in total. The molecule has 0 bridgehead atoms. The molecule has 106 valence electrons. The van der Waals surface area contributed by atoms with Crippen molar-refractivity contribution in [3.8, 4) is 0 Å². The lowest BCUT2D eigenvalue weighted by Gasteiger charge is -2.18. The van der Waals surface area contributed by atoms with Gasteiger partial charge >= 0.3 is 0 Å². The maximum Gasteiger partial charge on any atom is 0.246 e. The third-order valence-electron chi connectivity index (χ3n) is 2.80. The summed E-state index contributed by atoms with van der Waals surface area (Å²) in [5, 5.41) is 0. The Kier molecular flexibility index (Phi) is 3.74. The highest BCUT2D eigenvalue weighted by atomic mass is 32.2. The minimum Gasteiger partial charge on any atom is -0.368 e. The summed E-state index contributed by atoms with van der Waals surface area (Å²) in [6, 6.07) is 0. The summed E-state index contributed by atoms with van der Waals surface area (Å²) in [6.45, 7) is 0.126. The highest BCUT2D eigenvalue weighted by Crippen LogP contribution is 2.17. The van der Waals surface area contributed by atoms with Crippen LogP contribution in [0, 0.1) is 0 Å². The van der Waals surface area contributed by atoms with Crippen molar-refractivity contribution in [3.63, 3.8) is 0 Å². The summed E-state index contributed by atoms with van der Waals surface area (Å²) < 4.78 is 48.6. The molecule has 1 aromatic heterocycles. The summed E-state index contributed by atoms with van der Waals surface area (Å²) in [7, 11) is -6.92. The second-order valence-corrected chi connectivity index (χ2v) is 8.43. The first kappa shape index (κ1) is 14.2. The molecule has 1 aliphatic heterocycles. The lowest BCUT2D eigenvalue weighted by molar-refractivity contribution is 0.434. The van der Waals surface area contributed by atoms with Gasteiger partial charge in [0.1, 0.15) is 4.90 Å². The second kappa shape index (κ2) is 5.02. The highest BCUT2D eigenvalue weighted by molar-refractivity contribution is 7.91. The van der Waals surface area contributed by atoms with Crippen LogP contribution in [0.4, 0.5) is 5.95 Å². The van der Waals surface area contributed by atoms with Crippen LogP contribution >= 0.6 is 0 Å². The van der Waals surface area contributed by atoms with Gasteiger partial charge in [0.25, 0.3) is 0 Å². The zero-order valence-corrected chi connectivity index (χ0v) is 11.7. The first-order valence-corrected chi connectivity index (χ1v) is 8.85. The Bertz CT molecular complexity index is 654. The first-order chi connectivity index (χ1) is 8.81. The number of nitrogens with zero attached hydrogens (tertiary/aromatic N) is 3. The van der Waals surface area contributed by atoms with Gasteiger partial charge in [-0.15, -0.1) is 0 Å². The molecule has 1 aromatic rings. The van der Waals surface area contributed by atoms with E-state index in [0.717, 1.165) is 16.7 Å². The third-order valence-corrected chi connectivity index (χ3v) is 6.37. The Morgan fingerprint density at radius 2 is 1.79 bits per heavy atom. The Labute approximate surface area is 111 Å². The Hall–Kier alpha value is -1.26. The van der Waals surface area contributed by atoms with E-state index in [2.05, 4.69) is 9.97 Å². The normalized spacial score (nSPS) is 20.8. The Morgan fingerprint density at radius 3 is 2.42 bits per heavy atom. The van der Waals surface area contributed by atoms with E-state index in [-0.39, 0.29) is 41.9 Å². The topological polar surface area (TPSA) is 123 Å². The van der Waals surface area contributed by atoms with Gasteiger partial charge in [0.05, 0.1) is 23.9 Å². The zero-order chi connectivity index (χ0) is 14.1. The third kappa shape index (κ3) is 3.19. The van der Waals surface area contributed by atoms with Gasteiger partial charge < -0.3 is 5.73 Å². The van der Waals surface area contributed by atoms with Crippen LogP contribution in [0.1, 0.15) is 6.42 Å². The van der Waals surface area contributed by atoms with Gasteiger partial charge in [-0.3, -0.25) is 0 Å². The molecule has 19 heavy (non-hydrogen) atoms. The molecule has 10 heteroatoms. The van der Waals surface area contributed by atoms with Gasteiger partial charge in [0, 0.05) is 13.1 Å². The first-order valence-electron chi connectivity index (χ1n) is 5.59. The second-order valence-electron chi connectivity index (χ2n) is 4.19. The number of hydrogen-bond donors (Lipinski definition) is 1. The van der Waals surface area contributed by atoms with Crippen molar-refractivity contribution >= 4 is 25.8 Å². The molecule has 1 saturated heterocycles. The van der Waals surface area contributed by atoms with Crippen LogP contribution in [-0.4, -0.2) is 55.7 Å². The SMILES string of the molecule is Nc1ncc(S(=O)(=O)N2CCCS(=O)(=O)CC2)cn1. The quantitative estimate of drug-likeness (QED) is 0.733. The monoisotopic (exact) mass is 306 g/mol. The number of nitrogens with two attached hydrogens (primary N) is 1. The van der Waals surface area contributed by atoms with Gasteiger partial charge in [0.15, 0.2) is 9.84 Å². The average Bonchev–Trinajstić information content (AvgIpc) is 2.51. The average molecular weight is 306 g/mol. The zero-order valence-electron chi connectivity index (χ0n) is 10.1. The molecule has 0 radical (unpaired) electrons. The number of hydrogen-bond acceptors (Lipinski definition) is 7. The van der Waals surface area contributed by atoms with E-state index in [4.69, 9.17) is 5.73 Å². The fourth-order valence-electron chi connectivity index (χ4n) is 1.76. The number of anilines is 1. The van der Waals surface area contributed by atoms with E-state index in [1.54, 1.807) is 0 Å². The molecule has 0 aromatic carbocycles. The van der Waals surface area contributed by atoms with Crippen molar-refractivity contribution in [3.05, 3.63) is 12.4 Å². The summed E-state index contributed by atoms with van der Waals surface area (Å²) in [4.78, 5) is 7.19. The van der Waals surface area contributed by atoms with Crippen LogP contribution in [0.3, 0.4) is 0 Å². The van der Waals surface area contributed by atoms with E-state index in [0.29, 0.717) is 0 Å². The number of aromatic nitrogens is 2. The predicted octanol–water partition coefficient (Wildman–Crippen LogP) is -1.13. The van der Waals surface area contributed by atoms with E-state index >= 15 is 0 Å². The summed E-state index contributed by atoms with van der Waals surface area (Å²) in [5.41, 5.74) is 5.30. The predicted molar refractivity (Wildman–Crippen MR) is 68.5 cm³/mol. The van der Waals surface area contributed by atoms with Crippen LogP contribution in [-0.2, 0) is 19.9 Å². The largest absolute Gasteiger partial charge is 0.368 e. The minimum atomic E-state index is -3.76. The van der Waals surface area contributed by atoms with Crippen LogP contribution in [0.25, 0.3) is 0 Å². The van der Waals surface area contributed by atoms with Gasteiger partial charge in [-0.2, -0.15) is 4.31 Å². The van der Waals surface area contributed by atoms with E-state index in [1.807, 2.05) is 0 Å². The number of rotatable bonds is 2. The fraction of sp³-hybridized carbons (Fsp3) is 0.556. The molecular weight excluding hydrogens is 292 g/mol. The standard InChI is InChI=1S/C9H14N4O4S2/c10-9-11-6-8(7-12-9)19(16,17)13-2-1-4-18(14,15)5-3-13/h6-7H,1-5H2,(H2,10,11,12). The van der Waals surface area contributed by atoms with Gasteiger partial charge in [-0.05, 0) is 6.42 Å². The van der Waals surface area contributed by atoms with E-state index in [1.165, 1.54) is 0 Å². The van der Waals surface area contributed by atoms with Crippen molar-refractivity contribution in [2.45, 2.75) is 11.3 Å². The van der Waals surface area contributed by atoms with Crippen LogP contribution in [0.2, 0.25) is 0 Å². The molecule has 0 unspecified atom stereocenters. The molecule has 2 rings (SSSR count). The summed E-state index contributed by atoms with van der Waals surface area (Å²) >= 11 is 0. The van der Waals surface area contributed by atoms with E-state index in [9.17, 15) is 16.8 Å². The van der Waals surface area contributed by atoms with Gasteiger partial charge in [-0.25, -0.2) is 26.8 Å². The molecule has 0 atom stereocenters. The van der Waals surface area contributed by atoms with Crippen LogP contribution < -0.4 is 5.73 Å². The molecule has 8 nitrogen and oxygen atoms in total. The maximum atomic E-state index is 12.3. The van der Waals surface area contributed by atoms with Crippen molar-refractivity contribution in [1.82, 2.24) is 14.3 Å². The van der Waals surface area contributed by atoms with Crippen molar-refractivity contribution in [2.24, 2.45) is 0 Å². The Balaban J connectivity index is 2.27. The smallest absolute Gasteiger partial charge is 0.246 e. The van der Waals surface area contributed by atoms with Crippen molar-refractivity contribution < 1.29 is 16.8 Å². The number of sulfone groups is 1. The highest BCUT2D eigenvalue weighted by Gasteiger charge is 2.29. The van der Waals surface area contributed by atoms with Crippen LogP contribution in [0.5, 0.6) is 0 Å². The Morgan fingerprint density at radius 1 is 1.16 bits per heavy atom. The molecule has 2 heterocycles. The van der Waals surface area contributed by atoms with E-state index < -0.39 is 19.9 Å². The van der Waals surface area contributed by atoms with Gasteiger partial charge in [0.2, 0.25) is 16.0 Å². The summed E-state index contributed by atoms with van der Waals surface area (Å²) in [5.74, 6) is -0.170. The molecule has 0 aliphatic carbocycles. The summed E-state index contributed by atoms with van der Waals surface area (Å²) in [6.07, 6.45) is 2.53. The lowest BCUT2D eigenvalue weighted by atomic mass is 10.5. The molecule has 1 aliphatic rings. The minimum absolute atomic E-state index is 0.0112. The van der Waals surface area contributed by atoms with Crippen LogP contribution in [0.15, 0.2) is 17.3 Å².